The normalized spacial score (nSPS) is 24.2. The van der Waals surface area contributed by atoms with Crippen LogP contribution in [0.5, 0.6) is 0 Å². The Hall–Kier alpha value is -1.51. The van der Waals surface area contributed by atoms with E-state index in [0.29, 0.717) is 17.7 Å². The molecule has 2 aromatic rings. The van der Waals surface area contributed by atoms with Gasteiger partial charge in [0.2, 0.25) is 0 Å². The summed E-state index contributed by atoms with van der Waals surface area (Å²) in [6, 6.07) is 3.14. The number of benzene rings is 1. The molecule has 1 aliphatic carbocycles. The van der Waals surface area contributed by atoms with Crippen LogP contribution < -0.4 is 5.69 Å². The largest absolute Gasteiger partial charge is 0.416 e. The maximum Gasteiger partial charge on any atom is 0.416 e. The summed E-state index contributed by atoms with van der Waals surface area (Å²) in [6.07, 6.45) is 2.05. The molecular weight excluding hydrogens is 419 g/mol. The van der Waals surface area contributed by atoms with Crippen molar-refractivity contribution < 1.29 is 17.9 Å². The lowest BCUT2D eigenvalue weighted by atomic mass is 9.90. The zero-order valence-electron chi connectivity index (χ0n) is 17.3. The van der Waals surface area contributed by atoms with Crippen molar-refractivity contribution in [2.45, 2.75) is 69.8 Å². The third kappa shape index (κ3) is 4.41. The first-order valence-electron chi connectivity index (χ1n) is 10.4. The molecule has 1 saturated carbocycles. The summed E-state index contributed by atoms with van der Waals surface area (Å²) < 4.78 is 46.7. The summed E-state index contributed by atoms with van der Waals surface area (Å²) in [5.74, 6) is 0. The van der Waals surface area contributed by atoms with Crippen molar-refractivity contribution in [2.75, 3.05) is 20.2 Å². The van der Waals surface area contributed by atoms with E-state index in [4.69, 9.17) is 4.74 Å². The van der Waals surface area contributed by atoms with E-state index in [1.54, 1.807) is 11.7 Å². The molecule has 0 radical (unpaired) electrons. The fourth-order valence-corrected chi connectivity index (χ4v) is 5.10. The summed E-state index contributed by atoms with van der Waals surface area (Å²) >= 11 is 0. The van der Waals surface area contributed by atoms with Crippen molar-refractivity contribution in [3.05, 3.63) is 33.7 Å². The van der Waals surface area contributed by atoms with Crippen LogP contribution in [-0.2, 0) is 10.9 Å². The molecule has 0 bridgehead atoms. The molecule has 2 aliphatic rings. The zero-order chi connectivity index (χ0) is 20.8. The Morgan fingerprint density at radius 2 is 1.67 bits per heavy atom. The van der Waals surface area contributed by atoms with Crippen LogP contribution in [0.4, 0.5) is 13.2 Å². The van der Waals surface area contributed by atoms with Crippen LogP contribution in [0.1, 0.15) is 55.7 Å². The predicted molar refractivity (Wildman–Crippen MR) is 112 cm³/mol. The summed E-state index contributed by atoms with van der Waals surface area (Å²) in [5.41, 5.74) is -0.0458. The van der Waals surface area contributed by atoms with Gasteiger partial charge in [-0.05, 0) is 63.1 Å². The van der Waals surface area contributed by atoms with Crippen LogP contribution in [0.3, 0.4) is 0 Å². The minimum absolute atomic E-state index is 0. The Bertz CT molecular complexity index is 924. The number of hydrogen-bond donors (Lipinski definition) is 1. The van der Waals surface area contributed by atoms with Gasteiger partial charge in [0, 0.05) is 32.3 Å². The molecule has 5 nitrogen and oxygen atoms in total. The molecule has 168 valence electrons. The highest BCUT2D eigenvalue weighted by atomic mass is 35.5. The molecule has 0 atom stereocenters. The van der Waals surface area contributed by atoms with Crippen molar-refractivity contribution in [3.8, 4) is 0 Å². The molecule has 1 aliphatic heterocycles. The van der Waals surface area contributed by atoms with E-state index in [1.165, 1.54) is 13.0 Å². The average Bonchev–Trinajstić information content (AvgIpc) is 3.01. The van der Waals surface area contributed by atoms with Gasteiger partial charge in [-0.3, -0.25) is 4.57 Å². The van der Waals surface area contributed by atoms with Crippen LogP contribution in [-0.4, -0.2) is 46.8 Å². The minimum atomic E-state index is -4.43. The van der Waals surface area contributed by atoms with E-state index in [1.807, 2.05) is 0 Å². The fourth-order valence-electron chi connectivity index (χ4n) is 5.10. The monoisotopic (exact) mass is 447 g/mol. The summed E-state index contributed by atoms with van der Waals surface area (Å²) in [7, 11) is 1.77. The number of fused-ring (bicyclic) bond motifs is 1. The van der Waals surface area contributed by atoms with Gasteiger partial charge in [-0.25, -0.2) is 4.79 Å². The van der Waals surface area contributed by atoms with Crippen LogP contribution in [0.2, 0.25) is 0 Å². The number of H-pyrrole nitrogens is 1. The second kappa shape index (κ2) is 8.93. The molecule has 1 aromatic carbocycles. The molecule has 1 aromatic heterocycles. The first-order valence-corrected chi connectivity index (χ1v) is 10.4. The maximum atomic E-state index is 13.2. The number of nitrogens with one attached hydrogen (secondary N) is 1. The average molecular weight is 448 g/mol. The van der Waals surface area contributed by atoms with Crippen LogP contribution >= 0.6 is 12.4 Å². The number of aromatic amines is 1. The molecule has 9 heteroatoms. The molecule has 2 heterocycles. The van der Waals surface area contributed by atoms with E-state index in [9.17, 15) is 18.0 Å². The van der Waals surface area contributed by atoms with Crippen molar-refractivity contribution in [2.24, 2.45) is 0 Å². The lowest BCUT2D eigenvalue weighted by molar-refractivity contribution is -0.137. The van der Waals surface area contributed by atoms with Gasteiger partial charge >= 0.3 is 11.9 Å². The summed E-state index contributed by atoms with van der Waals surface area (Å²) in [6.45, 7) is 3.26. The van der Waals surface area contributed by atoms with Gasteiger partial charge in [-0.1, -0.05) is 0 Å². The Morgan fingerprint density at radius 1 is 1.03 bits per heavy atom. The predicted octanol–water partition coefficient (Wildman–Crippen LogP) is 4.67. The molecule has 1 N–H and O–H groups in total. The number of aromatic nitrogens is 2. The number of halogens is 4. The lowest BCUT2D eigenvalue weighted by Gasteiger charge is -2.40. The number of rotatable bonds is 3. The lowest BCUT2D eigenvalue weighted by Crippen LogP contribution is -2.45. The van der Waals surface area contributed by atoms with Crippen molar-refractivity contribution >= 4 is 23.4 Å². The van der Waals surface area contributed by atoms with Crippen LogP contribution in [0.15, 0.2) is 16.9 Å². The number of likely N-dealkylation sites (tertiary alicyclic amines) is 1. The number of alkyl halides is 3. The topological polar surface area (TPSA) is 50.3 Å². The van der Waals surface area contributed by atoms with Crippen molar-refractivity contribution in [1.82, 2.24) is 14.5 Å². The van der Waals surface area contributed by atoms with Gasteiger partial charge in [0.05, 0.1) is 22.7 Å². The van der Waals surface area contributed by atoms with Gasteiger partial charge in [-0.15, -0.1) is 12.4 Å². The Morgan fingerprint density at radius 3 is 2.23 bits per heavy atom. The molecule has 4 rings (SSSR count). The zero-order valence-corrected chi connectivity index (χ0v) is 18.1. The molecular formula is C21H29ClF3N3O2. The van der Waals surface area contributed by atoms with Gasteiger partial charge in [-0.2, -0.15) is 13.2 Å². The van der Waals surface area contributed by atoms with E-state index in [-0.39, 0.29) is 35.2 Å². The Labute approximate surface area is 180 Å². The van der Waals surface area contributed by atoms with E-state index < -0.39 is 11.7 Å². The quantitative estimate of drug-likeness (QED) is 0.743. The van der Waals surface area contributed by atoms with E-state index >= 15 is 0 Å². The van der Waals surface area contributed by atoms with Crippen LogP contribution in [0, 0.1) is 6.92 Å². The molecule has 0 unspecified atom stereocenters. The second-order valence-corrected chi connectivity index (χ2v) is 8.42. The molecule has 30 heavy (non-hydrogen) atoms. The second-order valence-electron chi connectivity index (χ2n) is 8.42. The van der Waals surface area contributed by atoms with Gasteiger partial charge in [0.15, 0.2) is 0 Å². The number of hydrogen-bond acceptors (Lipinski definition) is 3. The van der Waals surface area contributed by atoms with Gasteiger partial charge in [0.25, 0.3) is 0 Å². The number of methoxy groups -OCH3 is 1. The molecule has 0 spiro atoms. The first-order chi connectivity index (χ1) is 13.8. The maximum absolute atomic E-state index is 13.2. The number of aryl methyl sites for hydroxylation is 1. The standard InChI is InChI=1S/C21H28F3N3O2.ClH/c1-13-11-19-18(12-17(13)21(22,23)24)25-20(28)27(19)15-7-9-26(10-8-15)14-3-5-16(29-2)6-4-14;/h11-12,14-16H,3-10H2,1-2H3,(H,25,28);1H. The molecule has 2 fully saturated rings. The van der Waals surface area contributed by atoms with Crippen molar-refractivity contribution in [1.29, 1.82) is 0 Å². The van der Waals surface area contributed by atoms with E-state index in [2.05, 4.69) is 9.88 Å². The highest BCUT2D eigenvalue weighted by Gasteiger charge is 2.34. The SMILES string of the molecule is COC1CCC(N2CCC(n3c(=O)[nH]c4cc(C(F)(F)F)c(C)cc43)CC2)CC1.Cl. The third-order valence-corrected chi connectivity index (χ3v) is 6.73. The highest BCUT2D eigenvalue weighted by molar-refractivity contribution is 5.85. The number of ether oxygens (including phenoxy) is 1. The molecule has 1 saturated heterocycles. The number of nitrogens with zero attached hydrogens (tertiary/aromatic N) is 2. The third-order valence-electron chi connectivity index (χ3n) is 6.73. The first kappa shape index (κ1) is 23.2. The highest BCUT2D eigenvalue weighted by Crippen LogP contribution is 2.35. The number of imidazole rings is 1. The Kier molecular flexibility index (Phi) is 6.89. The van der Waals surface area contributed by atoms with Crippen molar-refractivity contribution in [3.63, 3.8) is 0 Å². The smallest absolute Gasteiger partial charge is 0.381 e. The van der Waals surface area contributed by atoms with E-state index in [0.717, 1.165) is 57.7 Å². The number of piperidine rings is 1. The van der Waals surface area contributed by atoms with Gasteiger partial charge in [0.1, 0.15) is 0 Å². The minimum Gasteiger partial charge on any atom is -0.381 e. The molecule has 0 amide bonds. The van der Waals surface area contributed by atoms with Gasteiger partial charge < -0.3 is 14.6 Å². The van der Waals surface area contributed by atoms with Crippen LogP contribution in [0.25, 0.3) is 11.0 Å². The summed E-state index contributed by atoms with van der Waals surface area (Å²) in [5, 5.41) is 0. The fraction of sp³-hybridized carbons (Fsp3) is 0.667. The summed E-state index contributed by atoms with van der Waals surface area (Å²) in [4.78, 5) is 17.7. The Balaban J connectivity index is 0.00000256.